The number of aromatic nitrogens is 2. The van der Waals surface area contributed by atoms with Gasteiger partial charge in [0.25, 0.3) is 5.91 Å². The van der Waals surface area contributed by atoms with Gasteiger partial charge in [-0.1, -0.05) is 36.4 Å². The molecular weight excluding hydrogens is 440 g/mol. The van der Waals surface area contributed by atoms with Gasteiger partial charge in [0, 0.05) is 47.7 Å². The predicted molar refractivity (Wildman–Crippen MR) is 136 cm³/mol. The number of hydrogen-bond donors (Lipinski definition) is 2. The first-order valence-electron chi connectivity index (χ1n) is 12.3. The molecule has 7 nitrogen and oxygen atoms in total. The number of rotatable bonds is 2. The number of benzene rings is 3. The summed E-state index contributed by atoms with van der Waals surface area (Å²) in [5, 5.41) is 11.0. The molecule has 8 rings (SSSR count). The maximum Gasteiger partial charge on any atom is 0.252 e. The highest BCUT2D eigenvalue weighted by Crippen LogP contribution is 2.53. The Kier molecular flexibility index (Phi) is 3.65. The molecule has 4 atom stereocenters. The molecule has 2 N–H and O–H groups in total. The molecule has 0 spiro atoms. The summed E-state index contributed by atoms with van der Waals surface area (Å²) in [6.45, 7) is 2.68. The van der Waals surface area contributed by atoms with Gasteiger partial charge in [-0.2, -0.15) is 0 Å². The highest BCUT2D eigenvalue weighted by molar-refractivity contribution is 6.31. The van der Waals surface area contributed by atoms with Crippen LogP contribution < -0.4 is 10.6 Å². The van der Waals surface area contributed by atoms with Crippen LogP contribution in [0.15, 0.2) is 48.5 Å². The van der Waals surface area contributed by atoms with Crippen molar-refractivity contribution in [3.63, 3.8) is 0 Å². The molecule has 5 aromatic rings. The molecule has 5 heterocycles. The van der Waals surface area contributed by atoms with Crippen molar-refractivity contribution in [2.45, 2.75) is 44.0 Å². The lowest BCUT2D eigenvalue weighted by atomic mass is 9.93. The molecule has 3 aliphatic heterocycles. The van der Waals surface area contributed by atoms with Crippen LogP contribution in [0.4, 0.5) is 0 Å². The fourth-order valence-electron chi connectivity index (χ4n) is 7.33. The van der Waals surface area contributed by atoms with Gasteiger partial charge < -0.3 is 29.2 Å². The molecule has 0 saturated carbocycles. The summed E-state index contributed by atoms with van der Waals surface area (Å²) in [6.07, 6.45) is 0.337. The molecule has 1 unspecified atom stereocenters. The van der Waals surface area contributed by atoms with E-state index in [-0.39, 0.29) is 24.3 Å². The molecule has 35 heavy (non-hydrogen) atoms. The van der Waals surface area contributed by atoms with Crippen LogP contribution in [0.5, 0.6) is 0 Å². The highest BCUT2D eigenvalue weighted by atomic mass is 16.6. The Balaban J connectivity index is 1.72. The second kappa shape index (κ2) is 6.43. The van der Waals surface area contributed by atoms with Crippen molar-refractivity contribution in [3.8, 4) is 0 Å². The van der Waals surface area contributed by atoms with Gasteiger partial charge in [0.2, 0.25) is 0 Å². The molecule has 2 aromatic heterocycles. The number of methoxy groups -OCH3 is 1. The zero-order chi connectivity index (χ0) is 23.6. The Morgan fingerprint density at radius 3 is 2.51 bits per heavy atom. The Morgan fingerprint density at radius 2 is 1.77 bits per heavy atom. The first-order valence-corrected chi connectivity index (χ1v) is 12.3. The molecule has 3 aliphatic rings. The fourth-order valence-corrected chi connectivity index (χ4v) is 7.33. The number of nitrogens with one attached hydrogen (secondary N) is 2. The summed E-state index contributed by atoms with van der Waals surface area (Å²) in [4.78, 5) is 13.3. The van der Waals surface area contributed by atoms with E-state index in [1.54, 1.807) is 7.11 Å². The number of likely N-dealkylation sites (N-methyl/N-ethyl adjacent to an activating group) is 1. The van der Waals surface area contributed by atoms with Gasteiger partial charge >= 0.3 is 0 Å². The quantitative estimate of drug-likeness (QED) is 0.406. The summed E-state index contributed by atoms with van der Waals surface area (Å²) < 4.78 is 18.0. The number of amides is 1. The van der Waals surface area contributed by atoms with Crippen LogP contribution in [0.3, 0.4) is 0 Å². The molecule has 1 saturated heterocycles. The summed E-state index contributed by atoms with van der Waals surface area (Å²) in [5.41, 5.74) is 5.51. The Morgan fingerprint density at radius 1 is 1.06 bits per heavy atom. The molecule has 2 bridgehead atoms. The van der Waals surface area contributed by atoms with Crippen LogP contribution in [0, 0.1) is 0 Å². The Hall–Kier alpha value is -3.39. The van der Waals surface area contributed by atoms with Crippen molar-refractivity contribution in [1.82, 2.24) is 19.8 Å². The number of ether oxygens (including phenoxy) is 2. The Bertz CT molecular complexity index is 1750. The monoisotopic (exact) mass is 466 g/mol. The lowest BCUT2D eigenvalue weighted by Crippen LogP contribution is -2.59. The van der Waals surface area contributed by atoms with Gasteiger partial charge in [-0.3, -0.25) is 4.79 Å². The molecule has 1 fully saturated rings. The van der Waals surface area contributed by atoms with Gasteiger partial charge in [-0.15, -0.1) is 0 Å². The van der Waals surface area contributed by atoms with Crippen molar-refractivity contribution in [3.05, 3.63) is 59.7 Å². The topological polar surface area (TPSA) is 69.5 Å². The van der Waals surface area contributed by atoms with Gasteiger partial charge in [0.05, 0.1) is 27.6 Å². The smallest absolute Gasteiger partial charge is 0.252 e. The van der Waals surface area contributed by atoms with Crippen molar-refractivity contribution in [2.75, 3.05) is 14.2 Å². The predicted octanol–water partition coefficient (Wildman–Crippen LogP) is 4.35. The molecule has 7 heteroatoms. The first kappa shape index (κ1) is 19.9. The van der Waals surface area contributed by atoms with E-state index in [2.05, 4.69) is 75.2 Å². The van der Waals surface area contributed by atoms with Crippen molar-refractivity contribution in [1.29, 1.82) is 0 Å². The molecule has 3 aromatic carbocycles. The number of carbonyl (C=O) groups excluding carboxylic acids is 1. The number of para-hydroxylation sites is 2. The Labute approximate surface area is 201 Å². The average molecular weight is 467 g/mol. The molecule has 0 radical (unpaired) electrons. The van der Waals surface area contributed by atoms with E-state index in [0.29, 0.717) is 6.54 Å². The van der Waals surface area contributed by atoms with Crippen LogP contribution in [0.25, 0.3) is 43.6 Å². The van der Waals surface area contributed by atoms with Crippen LogP contribution in [0.1, 0.15) is 35.5 Å². The van der Waals surface area contributed by atoms with Crippen molar-refractivity contribution in [2.24, 2.45) is 0 Å². The van der Waals surface area contributed by atoms with Crippen LogP contribution >= 0.6 is 0 Å². The average Bonchev–Trinajstić information content (AvgIpc) is 3.51. The van der Waals surface area contributed by atoms with Gasteiger partial charge in [0.15, 0.2) is 5.72 Å². The second-order valence-corrected chi connectivity index (χ2v) is 10.1. The van der Waals surface area contributed by atoms with Gasteiger partial charge in [0.1, 0.15) is 12.3 Å². The van der Waals surface area contributed by atoms with E-state index in [0.717, 1.165) is 61.2 Å². The summed E-state index contributed by atoms with van der Waals surface area (Å²) >= 11 is 0. The lowest BCUT2D eigenvalue weighted by molar-refractivity contribution is -0.256. The third-order valence-corrected chi connectivity index (χ3v) is 8.60. The first-order chi connectivity index (χ1) is 17.1. The minimum atomic E-state index is -0.760. The van der Waals surface area contributed by atoms with Crippen LogP contribution in [-0.4, -0.2) is 41.3 Å². The van der Waals surface area contributed by atoms with Gasteiger partial charge in [-0.25, -0.2) is 0 Å². The van der Waals surface area contributed by atoms with Crippen LogP contribution in [-0.2, 0) is 21.7 Å². The minimum absolute atomic E-state index is 0.00357. The van der Waals surface area contributed by atoms with E-state index in [4.69, 9.17) is 9.47 Å². The van der Waals surface area contributed by atoms with E-state index < -0.39 is 5.72 Å². The van der Waals surface area contributed by atoms with E-state index in [1.165, 1.54) is 0 Å². The third-order valence-electron chi connectivity index (χ3n) is 8.60. The number of nitrogens with zero attached hydrogens (tertiary/aromatic N) is 2. The SMILES string of the molecule is CN[C@@H]1C[C@@H]2OC(C)([C@@H]1OC)n1c3ccccc3c3c4c(c5c6ccccc6n2c5c31)C(=O)NC4. The molecule has 1 amide bonds. The van der Waals surface area contributed by atoms with E-state index in [9.17, 15) is 4.79 Å². The standard InChI is InChI=1S/C28H26N4O3/c1-28-26(34-3)17(29-2)12-20(35-28)31-18-10-6-4-8-14(18)22-23-16(13-30-27(23)33)21-15-9-5-7-11-19(15)32(28)25(21)24(22)31/h4-11,17,20,26,29H,12-13H2,1-3H3,(H,30,33)/t17-,20+,26-,28?/m1/s1. The normalized spacial score (nSPS) is 27.3. The maximum atomic E-state index is 13.3. The maximum absolute atomic E-state index is 13.3. The number of carbonyl (C=O) groups is 1. The summed E-state index contributed by atoms with van der Waals surface area (Å²) in [6, 6.07) is 17.0. The lowest BCUT2D eigenvalue weighted by Gasteiger charge is -2.48. The number of hydrogen-bond acceptors (Lipinski definition) is 4. The minimum Gasteiger partial charge on any atom is -0.375 e. The van der Waals surface area contributed by atoms with Crippen molar-refractivity contribution < 1.29 is 14.3 Å². The zero-order valence-electron chi connectivity index (χ0n) is 19.9. The molecule has 0 aliphatic carbocycles. The molecular formula is C28H26N4O3. The second-order valence-electron chi connectivity index (χ2n) is 10.1. The van der Waals surface area contributed by atoms with E-state index in [1.807, 2.05) is 7.05 Å². The highest BCUT2D eigenvalue weighted by Gasteiger charge is 2.53. The van der Waals surface area contributed by atoms with Gasteiger partial charge in [-0.05, 0) is 31.7 Å². The van der Waals surface area contributed by atoms with E-state index >= 15 is 0 Å². The third kappa shape index (κ3) is 2.12. The zero-order valence-corrected chi connectivity index (χ0v) is 19.9. The fraction of sp³-hybridized carbons (Fsp3) is 0.321. The largest absolute Gasteiger partial charge is 0.375 e. The summed E-state index contributed by atoms with van der Waals surface area (Å²) in [7, 11) is 3.77. The van der Waals surface area contributed by atoms with Crippen LogP contribution in [0.2, 0.25) is 0 Å². The number of fused-ring (bicyclic) bond motifs is 13. The molecule has 176 valence electrons. The van der Waals surface area contributed by atoms with Crippen molar-refractivity contribution >= 4 is 49.5 Å². The summed E-state index contributed by atoms with van der Waals surface area (Å²) in [5.74, 6) is 0.00357.